The predicted molar refractivity (Wildman–Crippen MR) is 70.3 cm³/mol. The van der Waals surface area contributed by atoms with Gasteiger partial charge in [-0.2, -0.15) is 0 Å². The Hall–Kier alpha value is -0.610. The molecule has 0 spiro atoms. The van der Waals surface area contributed by atoms with Crippen molar-refractivity contribution >= 4 is 16.5 Å². The fourth-order valence-corrected chi connectivity index (χ4v) is 3.44. The highest BCUT2D eigenvalue weighted by Crippen LogP contribution is 2.30. The summed E-state index contributed by atoms with van der Waals surface area (Å²) < 4.78 is 0. The van der Waals surface area contributed by atoms with E-state index in [4.69, 9.17) is 4.98 Å². The summed E-state index contributed by atoms with van der Waals surface area (Å²) in [6, 6.07) is 0.654. The van der Waals surface area contributed by atoms with Crippen molar-refractivity contribution in [2.24, 2.45) is 0 Å². The van der Waals surface area contributed by atoms with Gasteiger partial charge >= 0.3 is 0 Å². The van der Waals surface area contributed by atoms with E-state index in [1.54, 1.807) is 0 Å². The molecule has 1 saturated heterocycles. The summed E-state index contributed by atoms with van der Waals surface area (Å²) in [4.78, 5) is 8.55. The van der Waals surface area contributed by atoms with E-state index < -0.39 is 0 Å². The van der Waals surface area contributed by atoms with E-state index in [1.165, 1.54) is 41.5 Å². The molecule has 3 nitrogen and oxygen atoms in total. The second-order valence-electron chi connectivity index (χ2n) is 4.57. The summed E-state index contributed by atoms with van der Waals surface area (Å²) in [6.07, 6.45) is 3.98. The molecule has 1 atom stereocenters. The third-order valence-electron chi connectivity index (χ3n) is 3.27. The van der Waals surface area contributed by atoms with Crippen molar-refractivity contribution in [1.29, 1.82) is 0 Å². The van der Waals surface area contributed by atoms with Gasteiger partial charge in [0.1, 0.15) is 0 Å². The van der Waals surface area contributed by atoms with Gasteiger partial charge in [0.15, 0.2) is 5.13 Å². The quantitative estimate of drug-likeness (QED) is 0.878. The Labute approximate surface area is 102 Å². The van der Waals surface area contributed by atoms with Crippen LogP contribution in [0.15, 0.2) is 0 Å². The van der Waals surface area contributed by atoms with Crippen molar-refractivity contribution < 1.29 is 0 Å². The highest BCUT2D eigenvalue weighted by atomic mass is 32.1. The van der Waals surface area contributed by atoms with Crippen LogP contribution in [0.1, 0.15) is 36.8 Å². The maximum atomic E-state index is 4.71. The Morgan fingerprint density at radius 3 is 3.00 bits per heavy atom. The van der Waals surface area contributed by atoms with Gasteiger partial charge in [-0.05, 0) is 40.2 Å². The summed E-state index contributed by atoms with van der Waals surface area (Å²) in [7, 11) is 1.99. The summed E-state index contributed by atoms with van der Waals surface area (Å²) in [5.41, 5.74) is 1.19. The smallest absolute Gasteiger partial charge is 0.186 e. The number of anilines is 1. The molecule has 1 fully saturated rings. The summed E-state index contributed by atoms with van der Waals surface area (Å²) in [5.74, 6) is 0. The fraction of sp³-hybridized carbons (Fsp3) is 0.750. The van der Waals surface area contributed by atoms with Crippen molar-refractivity contribution in [3.8, 4) is 0 Å². The van der Waals surface area contributed by atoms with Crippen molar-refractivity contribution in [3.05, 3.63) is 10.6 Å². The van der Waals surface area contributed by atoms with Crippen molar-refractivity contribution in [2.75, 3.05) is 18.5 Å². The molecule has 2 rings (SSSR count). The van der Waals surface area contributed by atoms with Crippen LogP contribution in [-0.2, 0) is 6.54 Å². The lowest BCUT2D eigenvalue weighted by atomic mass is 10.1. The fourth-order valence-electron chi connectivity index (χ4n) is 2.24. The SMILES string of the molecule is CNCc1sc(N2CCCCC2C)nc1C. The van der Waals surface area contributed by atoms with Crippen molar-refractivity contribution in [3.63, 3.8) is 0 Å². The molecule has 90 valence electrons. The normalized spacial score (nSPS) is 21.4. The molecule has 16 heavy (non-hydrogen) atoms. The van der Waals surface area contributed by atoms with Gasteiger partial charge in [0.25, 0.3) is 0 Å². The van der Waals surface area contributed by atoms with Gasteiger partial charge in [-0.15, -0.1) is 11.3 Å². The number of rotatable bonds is 3. The Morgan fingerprint density at radius 1 is 1.50 bits per heavy atom. The summed E-state index contributed by atoms with van der Waals surface area (Å²) >= 11 is 1.85. The van der Waals surface area contributed by atoms with Crippen LogP contribution >= 0.6 is 11.3 Å². The predicted octanol–water partition coefficient (Wildman–Crippen LogP) is 2.55. The van der Waals surface area contributed by atoms with E-state index in [0.29, 0.717) is 6.04 Å². The Bertz CT molecular complexity index is 348. The van der Waals surface area contributed by atoms with Crippen LogP contribution in [0.3, 0.4) is 0 Å². The van der Waals surface area contributed by atoms with Crippen LogP contribution in [0, 0.1) is 6.92 Å². The van der Waals surface area contributed by atoms with E-state index in [2.05, 4.69) is 24.1 Å². The molecule has 0 aromatic carbocycles. The topological polar surface area (TPSA) is 28.2 Å². The van der Waals surface area contributed by atoms with Gasteiger partial charge in [-0.3, -0.25) is 0 Å². The standard InChI is InChI=1S/C12H21N3S/c1-9-6-4-5-7-15(9)12-14-10(2)11(16-12)8-13-3/h9,13H,4-8H2,1-3H3. The van der Waals surface area contributed by atoms with Gasteiger partial charge < -0.3 is 10.2 Å². The molecule has 1 unspecified atom stereocenters. The third-order valence-corrected chi connectivity index (χ3v) is 4.46. The molecular weight excluding hydrogens is 218 g/mol. The molecule has 0 aliphatic carbocycles. The Balaban J connectivity index is 2.16. The number of piperidine rings is 1. The number of nitrogens with zero attached hydrogens (tertiary/aromatic N) is 2. The first-order chi connectivity index (χ1) is 7.72. The first-order valence-electron chi connectivity index (χ1n) is 6.10. The molecule has 4 heteroatoms. The maximum absolute atomic E-state index is 4.71. The number of thiazole rings is 1. The van der Waals surface area contributed by atoms with Gasteiger partial charge in [-0.25, -0.2) is 4.98 Å². The largest absolute Gasteiger partial charge is 0.345 e. The molecule has 1 aromatic rings. The number of hydrogen-bond acceptors (Lipinski definition) is 4. The first-order valence-corrected chi connectivity index (χ1v) is 6.91. The zero-order valence-corrected chi connectivity index (χ0v) is 11.2. The van der Waals surface area contributed by atoms with Crippen molar-refractivity contribution in [2.45, 2.75) is 45.7 Å². The lowest BCUT2D eigenvalue weighted by Crippen LogP contribution is -2.37. The second-order valence-corrected chi connectivity index (χ2v) is 5.64. The molecule has 1 N–H and O–H groups in total. The summed E-state index contributed by atoms with van der Waals surface area (Å²) in [5, 5.41) is 4.42. The summed E-state index contributed by atoms with van der Waals surface area (Å²) in [6.45, 7) is 6.54. The van der Waals surface area contributed by atoms with Crippen LogP contribution in [0.2, 0.25) is 0 Å². The monoisotopic (exact) mass is 239 g/mol. The Kier molecular flexibility index (Phi) is 3.82. The minimum Gasteiger partial charge on any atom is -0.345 e. The van der Waals surface area contributed by atoms with E-state index >= 15 is 0 Å². The van der Waals surface area contributed by atoms with E-state index in [9.17, 15) is 0 Å². The van der Waals surface area contributed by atoms with Gasteiger partial charge in [-0.1, -0.05) is 0 Å². The lowest BCUT2D eigenvalue weighted by Gasteiger charge is -2.33. The van der Waals surface area contributed by atoms with Crippen molar-refractivity contribution in [1.82, 2.24) is 10.3 Å². The number of hydrogen-bond donors (Lipinski definition) is 1. The molecule has 2 heterocycles. The van der Waals surface area contributed by atoms with Crippen LogP contribution in [0.5, 0.6) is 0 Å². The zero-order chi connectivity index (χ0) is 11.5. The molecule has 0 bridgehead atoms. The number of aryl methyl sites for hydroxylation is 1. The maximum Gasteiger partial charge on any atom is 0.186 e. The van der Waals surface area contributed by atoms with Gasteiger partial charge in [0, 0.05) is 24.0 Å². The average Bonchev–Trinajstić information content (AvgIpc) is 2.61. The number of aromatic nitrogens is 1. The third kappa shape index (κ3) is 2.38. The Morgan fingerprint density at radius 2 is 2.31 bits per heavy atom. The minimum absolute atomic E-state index is 0.654. The van der Waals surface area contributed by atoms with E-state index in [0.717, 1.165) is 6.54 Å². The van der Waals surface area contributed by atoms with E-state index in [-0.39, 0.29) is 0 Å². The highest BCUT2D eigenvalue weighted by molar-refractivity contribution is 7.15. The lowest BCUT2D eigenvalue weighted by molar-refractivity contribution is 0.484. The molecule has 0 amide bonds. The first kappa shape index (κ1) is 11.9. The van der Waals surface area contributed by atoms with E-state index in [1.807, 2.05) is 18.4 Å². The molecule has 1 aliphatic rings. The van der Waals surface area contributed by atoms with Crippen LogP contribution < -0.4 is 10.2 Å². The molecule has 1 aliphatic heterocycles. The molecule has 0 radical (unpaired) electrons. The molecule has 1 aromatic heterocycles. The molecular formula is C12H21N3S. The number of nitrogens with one attached hydrogen (secondary N) is 1. The average molecular weight is 239 g/mol. The van der Waals surface area contributed by atoms with Gasteiger partial charge in [0.2, 0.25) is 0 Å². The van der Waals surface area contributed by atoms with Crippen LogP contribution in [0.4, 0.5) is 5.13 Å². The van der Waals surface area contributed by atoms with Crippen LogP contribution in [-0.4, -0.2) is 24.6 Å². The second kappa shape index (κ2) is 5.15. The van der Waals surface area contributed by atoms with Gasteiger partial charge in [0.05, 0.1) is 5.69 Å². The zero-order valence-electron chi connectivity index (χ0n) is 10.4. The minimum atomic E-state index is 0.654. The van der Waals surface area contributed by atoms with Crippen LogP contribution in [0.25, 0.3) is 0 Å². The molecule has 0 saturated carbocycles. The highest BCUT2D eigenvalue weighted by Gasteiger charge is 2.21.